The molecule has 0 aromatic heterocycles. The van der Waals surface area contributed by atoms with Crippen molar-refractivity contribution in [3.63, 3.8) is 0 Å². The minimum absolute atomic E-state index is 0.0377. The van der Waals surface area contributed by atoms with Crippen molar-refractivity contribution in [3.05, 3.63) is 35.9 Å². The maximum Gasteiger partial charge on any atom is 0.406 e. The van der Waals surface area contributed by atoms with Crippen molar-refractivity contribution in [1.82, 2.24) is 4.90 Å². The van der Waals surface area contributed by atoms with Crippen molar-refractivity contribution in [2.75, 3.05) is 13.1 Å². The molecule has 0 aliphatic rings. The van der Waals surface area contributed by atoms with Crippen LogP contribution in [0.5, 0.6) is 0 Å². The molecule has 1 aromatic carbocycles. The van der Waals surface area contributed by atoms with Gasteiger partial charge in [-0.05, 0) is 11.5 Å². The van der Waals surface area contributed by atoms with Crippen LogP contribution in [0.4, 0.5) is 13.2 Å². The number of benzene rings is 1. The van der Waals surface area contributed by atoms with Gasteiger partial charge in [0.1, 0.15) is 6.54 Å². The lowest BCUT2D eigenvalue weighted by Crippen LogP contribution is -2.42. The Morgan fingerprint density at radius 3 is 2.29 bits per heavy atom. The molecule has 0 radical (unpaired) electrons. The van der Waals surface area contributed by atoms with E-state index in [2.05, 4.69) is 0 Å². The monoisotopic (exact) mass is 302 g/mol. The lowest BCUT2D eigenvalue weighted by Gasteiger charge is -2.27. The Kier molecular flexibility index (Phi) is 6.20. The van der Waals surface area contributed by atoms with Gasteiger partial charge in [0.25, 0.3) is 0 Å². The van der Waals surface area contributed by atoms with Gasteiger partial charge in [-0.25, -0.2) is 0 Å². The van der Waals surface area contributed by atoms with E-state index in [-0.39, 0.29) is 18.9 Å². The molecule has 0 saturated heterocycles. The molecule has 1 atom stereocenters. The second-order valence-electron chi connectivity index (χ2n) is 5.50. The highest BCUT2D eigenvalue weighted by Crippen LogP contribution is 2.20. The summed E-state index contributed by atoms with van der Waals surface area (Å²) < 4.78 is 37.7. The molecule has 1 unspecified atom stereocenters. The summed E-state index contributed by atoms with van der Waals surface area (Å²) >= 11 is 0. The number of nitrogens with two attached hydrogens (primary N) is 1. The first-order chi connectivity index (χ1) is 9.69. The fourth-order valence-electron chi connectivity index (χ4n) is 2.05. The minimum atomic E-state index is -4.40. The number of alkyl halides is 3. The quantitative estimate of drug-likeness (QED) is 0.877. The molecule has 6 heteroatoms. The summed E-state index contributed by atoms with van der Waals surface area (Å²) in [6.45, 7) is 2.38. The van der Waals surface area contributed by atoms with Gasteiger partial charge in [-0.2, -0.15) is 13.2 Å². The van der Waals surface area contributed by atoms with E-state index < -0.39 is 24.7 Å². The Morgan fingerprint density at radius 1 is 1.24 bits per heavy atom. The smallest absolute Gasteiger partial charge is 0.333 e. The predicted molar refractivity (Wildman–Crippen MR) is 75.5 cm³/mol. The third-order valence-electron chi connectivity index (χ3n) is 2.93. The predicted octanol–water partition coefficient (Wildman–Crippen LogP) is 3.12. The van der Waals surface area contributed by atoms with Gasteiger partial charge in [-0.1, -0.05) is 44.2 Å². The van der Waals surface area contributed by atoms with Crippen LogP contribution in [-0.2, 0) is 4.79 Å². The zero-order chi connectivity index (χ0) is 16.0. The Balaban J connectivity index is 2.72. The van der Waals surface area contributed by atoms with Crippen molar-refractivity contribution in [2.24, 2.45) is 11.7 Å². The molecule has 0 bridgehead atoms. The van der Waals surface area contributed by atoms with Crippen LogP contribution in [0.15, 0.2) is 30.3 Å². The van der Waals surface area contributed by atoms with E-state index in [0.717, 1.165) is 10.5 Å². The van der Waals surface area contributed by atoms with Crippen molar-refractivity contribution in [2.45, 2.75) is 32.5 Å². The summed E-state index contributed by atoms with van der Waals surface area (Å²) in [5, 5.41) is 0. The van der Waals surface area contributed by atoms with Crippen molar-refractivity contribution in [1.29, 1.82) is 0 Å². The van der Waals surface area contributed by atoms with Crippen molar-refractivity contribution in [3.8, 4) is 0 Å². The number of halogens is 3. The molecule has 0 saturated carbocycles. The van der Waals surface area contributed by atoms with Gasteiger partial charge in [-0.15, -0.1) is 0 Å². The molecule has 0 aliphatic heterocycles. The Bertz CT molecular complexity index is 446. The molecule has 1 amide bonds. The second-order valence-corrected chi connectivity index (χ2v) is 5.50. The van der Waals surface area contributed by atoms with Gasteiger partial charge in [0.05, 0.1) is 0 Å². The number of carbonyl (C=O) groups is 1. The van der Waals surface area contributed by atoms with Crippen LogP contribution in [0.1, 0.15) is 31.9 Å². The van der Waals surface area contributed by atoms with E-state index in [1.165, 1.54) is 0 Å². The Morgan fingerprint density at radius 2 is 1.81 bits per heavy atom. The van der Waals surface area contributed by atoms with Crippen molar-refractivity contribution < 1.29 is 18.0 Å². The molecule has 2 N–H and O–H groups in total. The highest BCUT2D eigenvalue weighted by Gasteiger charge is 2.33. The van der Waals surface area contributed by atoms with E-state index in [4.69, 9.17) is 5.73 Å². The minimum Gasteiger partial charge on any atom is -0.333 e. The van der Waals surface area contributed by atoms with Gasteiger partial charge in [-0.3, -0.25) is 4.79 Å². The second kappa shape index (κ2) is 7.45. The fourth-order valence-corrected chi connectivity index (χ4v) is 2.05. The van der Waals surface area contributed by atoms with Gasteiger partial charge in [0, 0.05) is 19.0 Å². The van der Waals surface area contributed by atoms with Crippen LogP contribution < -0.4 is 5.73 Å². The zero-order valence-corrected chi connectivity index (χ0v) is 12.2. The number of hydrogen-bond donors (Lipinski definition) is 1. The first-order valence-electron chi connectivity index (χ1n) is 6.84. The van der Waals surface area contributed by atoms with Gasteiger partial charge < -0.3 is 10.6 Å². The Hall–Kier alpha value is -1.56. The standard InChI is InChI=1S/C15H21F3N2O/c1-11(2)9-20(10-15(16,17)18)14(21)8-13(19)12-6-4-3-5-7-12/h3-7,11,13H,8-10,19H2,1-2H3. The number of hydrogen-bond acceptors (Lipinski definition) is 2. The molecule has 118 valence electrons. The van der Waals surface area contributed by atoms with Gasteiger partial charge in [0.15, 0.2) is 0 Å². The molecule has 3 nitrogen and oxygen atoms in total. The first kappa shape index (κ1) is 17.5. The summed E-state index contributed by atoms with van der Waals surface area (Å²) in [6, 6.07) is 8.29. The summed E-state index contributed by atoms with van der Waals surface area (Å²) in [7, 11) is 0. The lowest BCUT2D eigenvalue weighted by molar-refractivity contribution is -0.162. The van der Waals surface area contributed by atoms with Gasteiger partial charge >= 0.3 is 6.18 Å². The third-order valence-corrected chi connectivity index (χ3v) is 2.93. The van der Waals surface area contributed by atoms with E-state index in [1.54, 1.807) is 38.1 Å². The van der Waals surface area contributed by atoms with Crippen LogP contribution in [0.25, 0.3) is 0 Å². The largest absolute Gasteiger partial charge is 0.406 e. The number of nitrogens with zero attached hydrogens (tertiary/aromatic N) is 1. The maximum absolute atomic E-state index is 12.6. The van der Waals surface area contributed by atoms with Crippen LogP contribution in [0.3, 0.4) is 0 Å². The Labute approximate surface area is 122 Å². The molecule has 21 heavy (non-hydrogen) atoms. The van der Waals surface area contributed by atoms with Crippen molar-refractivity contribution >= 4 is 5.91 Å². The van der Waals surface area contributed by atoms with E-state index in [0.29, 0.717) is 0 Å². The third kappa shape index (κ3) is 6.62. The highest BCUT2D eigenvalue weighted by molar-refractivity contribution is 5.77. The highest BCUT2D eigenvalue weighted by atomic mass is 19.4. The molecule has 0 aliphatic carbocycles. The normalized spacial score (nSPS) is 13.3. The molecule has 1 rings (SSSR count). The average molecular weight is 302 g/mol. The summed E-state index contributed by atoms with van der Waals surface area (Å²) in [4.78, 5) is 12.9. The molecular formula is C15H21F3N2O. The molecule has 0 fully saturated rings. The van der Waals surface area contributed by atoms with Crippen LogP contribution in [0.2, 0.25) is 0 Å². The maximum atomic E-state index is 12.6. The van der Waals surface area contributed by atoms with Crippen LogP contribution >= 0.6 is 0 Å². The molecular weight excluding hydrogens is 281 g/mol. The average Bonchev–Trinajstić information content (AvgIpc) is 2.36. The summed E-state index contributed by atoms with van der Waals surface area (Å²) in [6.07, 6.45) is -4.53. The molecule has 0 spiro atoms. The first-order valence-corrected chi connectivity index (χ1v) is 6.84. The lowest BCUT2D eigenvalue weighted by atomic mass is 10.0. The van der Waals surface area contributed by atoms with Crippen LogP contribution in [0, 0.1) is 5.92 Å². The number of rotatable bonds is 6. The summed E-state index contributed by atoms with van der Waals surface area (Å²) in [5.74, 6) is -0.610. The van der Waals surface area contributed by atoms with Crippen LogP contribution in [-0.4, -0.2) is 30.1 Å². The summed E-state index contributed by atoms with van der Waals surface area (Å²) in [5.41, 5.74) is 6.64. The molecule has 0 heterocycles. The van der Waals surface area contributed by atoms with E-state index >= 15 is 0 Å². The fraction of sp³-hybridized carbons (Fsp3) is 0.533. The molecule has 1 aromatic rings. The van der Waals surface area contributed by atoms with E-state index in [9.17, 15) is 18.0 Å². The SMILES string of the molecule is CC(C)CN(CC(F)(F)F)C(=O)CC(N)c1ccccc1. The zero-order valence-electron chi connectivity index (χ0n) is 12.2. The van der Waals surface area contributed by atoms with E-state index in [1.807, 2.05) is 6.07 Å². The number of amides is 1. The topological polar surface area (TPSA) is 46.3 Å². The van der Waals surface area contributed by atoms with Gasteiger partial charge in [0.2, 0.25) is 5.91 Å². The number of carbonyl (C=O) groups excluding carboxylic acids is 1.